The SMILES string of the molecule is [B]c1cc(Cl)c(C)cc1S(=O)(=O)O. The van der Waals surface area contributed by atoms with Crippen LogP contribution in [0.15, 0.2) is 17.0 Å². The van der Waals surface area contributed by atoms with Crippen LogP contribution in [-0.4, -0.2) is 20.8 Å². The highest BCUT2D eigenvalue weighted by Gasteiger charge is 2.13. The van der Waals surface area contributed by atoms with E-state index in [2.05, 4.69) is 0 Å². The highest BCUT2D eigenvalue weighted by Crippen LogP contribution is 2.16. The van der Waals surface area contributed by atoms with Crippen LogP contribution in [0.1, 0.15) is 5.56 Å². The second-order valence-corrected chi connectivity index (χ2v) is 4.41. The molecule has 0 fully saturated rings. The predicted molar refractivity (Wildman–Crippen MR) is 51.4 cm³/mol. The molecule has 1 rings (SSSR count). The summed E-state index contributed by atoms with van der Waals surface area (Å²) >= 11 is 5.68. The van der Waals surface area contributed by atoms with E-state index >= 15 is 0 Å². The lowest BCUT2D eigenvalue weighted by molar-refractivity contribution is 0.484. The average Bonchev–Trinajstić information content (AvgIpc) is 1.94. The zero-order chi connectivity index (χ0) is 10.2. The summed E-state index contributed by atoms with van der Waals surface area (Å²) < 4.78 is 30.2. The summed E-state index contributed by atoms with van der Waals surface area (Å²) in [5, 5.41) is 0.366. The molecule has 0 bridgehead atoms. The zero-order valence-corrected chi connectivity index (χ0v) is 8.35. The normalized spacial score (nSPS) is 11.6. The molecular weight excluding hydrogens is 210 g/mol. The van der Waals surface area contributed by atoms with Gasteiger partial charge in [0.1, 0.15) is 7.85 Å². The van der Waals surface area contributed by atoms with E-state index in [0.29, 0.717) is 10.6 Å². The van der Waals surface area contributed by atoms with Crippen molar-refractivity contribution in [1.82, 2.24) is 0 Å². The van der Waals surface area contributed by atoms with E-state index < -0.39 is 10.1 Å². The molecule has 0 saturated carbocycles. The first-order valence-electron chi connectivity index (χ1n) is 3.35. The van der Waals surface area contributed by atoms with Crippen molar-refractivity contribution in [2.75, 3.05) is 0 Å². The Morgan fingerprint density at radius 2 is 2.00 bits per heavy atom. The topological polar surface area (TPSA) is 54.4 Å². The molecule has 0 unspecified atom stereocenters. The molecule has 3 nitrogen and oxygen atoms in total. The molecular formula is C7H6BClO3S. The maximum absolute atomic E-state index is 10.7. The van der Waals surface area contributed by atoms with E-state index in [0.717, 1.165) is 0 Å². The van der Waals surface area contributed by atoms with Gasteiger partial charge in [-0.15, -0.1) is 0 Å². The number of rotatable bonds is 1. The predicted octanol–water partition coefficient (Wildman–Crippen LogP) is 0.689. The van der Waals surface area contributed by atoms with Gasteiger partial charge in [-0.1, -0.05) is 17.1 Å². The van der Waals surface area contributed by atoms with Crippen molar-refractivity contribution >= 4 is 35.0 Å². The van der Waals surface area contributed by atoms with Gasteiger partial charge in [0, 0.05) is 5.02 Å². The minimum atomic E-state index is -4.26. The Morgan fingerprint density at radius 1 is 1.46 bits per heavy atom. The first-order chi connectivity index (χ1) is 5.82. The molecule has 2 radical (unpaired) electrons. The minimum Gasteiger partial charge on any atom is -0.282 e. The molecule has 68 valence electrons. The van der Waals surface area contributed by atoms with E-state index in [1.54, 1.807) is 6.92 Å². The van der Waals surface area contributed by atoms with Gasteiger partial charge < -0.3 is 0 Å². The van der Waals surface area contributed by atoms with Crippen LogP contribution in [0.4, 0.5) is 0 Å². The molecule has 0 spiro atoms. The van der Waals surface area contributed by atoms with Gasteiger partial charge in [0.05, 0.1) is 4.90 Å². The van der Waals surface area contributed by atoms with Crippen LogP contribution < -0.4 is 5.46 Å². The quantitative estimate of drug-likeness (QED) is 0.555. The van der Waals surface area contributed by atoms with Crippen LogP contribution in [0, 0.1) is 6.92 Å². The molecule has 0 aliphatic carbocycles. The lowest BCUT2D eigenvalue weighted by Crippen LogP contribution is -2.15. The molecule has 13 heavy (non-hydrogen) atoms. The van der Waals surface area contributed by atoms with Crippen molar-refractivity contribution < 1.29 is 13.0 Å². The third-order valence-corrected chi connectivity index (χ3v) is 2.89. The van der Waals surface area contributed by atoms with E-state index in [9.17, 15) is 8.42 Å². The van der Waals surface area contributed by atoms with Crippen molar-refractivity contribution in [2.45, 2.75) is 11.8 Å². The van der Waals surface area contributed by atoms with Crippen molar-refractivity contribution in [2.24, 2.45) is 0 Å². The van der Waals surface area contributed by atoms with Gasteiger partial charge in [-0.05, 0) is 24.6 Å². The maximum Gasteiger partial charge on any atom is 0.293 e. The number of hydrogen-bond donors (Lipinski definition) is 1. The Balaban J connectivity index is 3.50. The second kappa shape index (κ2) is 3.33. The molecule has 0 aliphatic rings. The van der Waals surface area contributed by atoms with Crippen molar-refractivity contribution in [3.05, 3.63) is 22.7 Å². The Kier molecular flexibility index (Phi) is 2.70. The molecule has 0 aromatic heterocycles. The van der Waals surface area contributed by atoms with E-state index in [1.165, 1.54) is 12.1 Å². The number of benzene rings is 1. The van der Waals surface area contributed by atoms with Crippen LogP contribution in [0.2, 0.25) is 5.02 Å². The van der Waals surface area contributed by atoms with Gasteiger partial charge >= 0.3 is 0 Å². The molecule has 6 heteroatoms. The molecule has 1 aromatic carbocycles. The molecule has 0 aliphatic heterocycles. The fourth-order valence-electron chi connectivity index (χ4n) is 0.894. The van der Waals surface area contributed by atoms with Crippen LogP contribution >= 0.6 is 11.6 Å². The van der Waals surface area contributed by atoms with Crippen molar-refractivity contribution in [3.63, 3.8) is 0 Å². The monoisotopic (exact) mass is 216 g/mol. The molecule has 0 heterocycles. The molecule has 1 N–H and O–H groups in total. The fraction of sp³-hybridized carbons (Fsp3) is 0.143. The van der Waals surface area contributed by atoms with Gasteiger partial charge in [0.2, 0.25) is 0 Å². The Hall–Kier alpha value is -0.515. The largest absolute Gasteiger partial charge is 0.293 e. The van der Waals surface area contributed by atoms with Gasteiger partial charge in [-0.2, -0.15) is 8.42 Å². The highest BCUT2D eigenvalue weighted by atomic mass is 35.5. The third kappa shape index (κ3) is 2.24. The van der Waals surface area contributed by atoms with Crippen molar-refractivity contribution in [3.8, 4) is 0 Å². The Labute approximate surface area is 82.9 Å². The smallest absolute Gasteiger partial charge is 0.282 e. The van der Waals surface area contributed by atoms with E-state index in [1.807, 2.05) is 0 Å². The summed E-state index contributed by atoms with van der Waals surface area (Å²) in [5.41, 5.74) is 0.488. The lowest BCUT2D eigenvalue weighted by Gasteiger charge is -2.05. The average molecular weight is 216 g/mol. The van der Waals surface area contributed by atoms with Crippen LogP contribution in [0.5, 0.6) is 0 Å². The molecule has 0 atom stereocenters. The molecule has 0 saturated heterocycles. The van der Waals surface area contributed by atoms with Gasteiger partial charge in [-0.25, -0.2) is 0 Å². The Morgan fingerprint density at radius 3 is 2.46 bits per heavy atom. The molecule has 0 amide bonds. The summed E-state index contributed by atoms with van der Waals surface area (Å²) in [6, 6.07) is 2.52. The van der Waals surface area contributed by atoms with Gasteiger partial charge in [0.15, 0.2) is 0 Å². The minimum absolute atomic E-state index is 0.0573. The number of aryl methyl sites for hydroxylation is 1. The van der Waals surface area contributed by atoms with Gasteiger partial charge in [-0.3, -0.25) is 4.55 Å². The van der Waals surface area contributed by atoms with Crippen LogP contribution in [-0.2, 0) is 10.1 Å². The number of hydrogen-bond acceptors (Lipinski definition) is 2. The van der Waals surface area contributed by atoms with Crippen molar-refractivity contribution in [1.29, 1.82) is 0 Å². The summed E-state index contributed by atoms with van der Waals surface area (Å²) in [6.07, 6.45) is 0. The van der Waals surface area contributed by atoms with Crippen LogP contribution in [0.3, 0.4) is 0 Å². The van der Waals surface area contributed by atoms with E-state index in [-0.39, 0.29) is 10.4 Å². The first-order valence-corrected chi connectivity index (χ1v) is 5.17. The van der Waals surface area contributed by atoms with Crippen LogP contribution in [0.25, 0.3) is 0 Å². The Bertz CT molecular complexity index is 441. The standard InChI is InChI=1S/C7H6BClO3S/c1-4-2-7(13(10,11)12)5(8)3-6(4)9/h2-3H,1H3,(H,10,11,12). The maximum atomic E-state index is 10.7. The molecule has 1 aromatic rings. The lowest BCUT2D eigenvalue weighted by atomic mass is 9.95. The van der Waals surface area contributed by atoms with Gasteiger partial charge in [0.25, 0.3) is 10.1 Å². The highest BCUT2D eigenvalue weighted by molar-refractivity contribution is 7.86. The summed E-state index contributed by atoms with van der Waals surface area (Å²) in [6.45, 7) is 1.62. The summed E-state index contributed by atoms with van der Waals surface area (Å²) in [7, 11) is 1.10. The zero-order valence-electron chi connectivity index (χ0n) is 6.78. The van der Waals surface area contributed by atoms with E-state index in [4.69, 9.17) is 24.0 Å². The number of halogens is 1. The second-order valence-electron chi connectivity index (χ2n) is 2.61. The summed E-state index contributed by atoms with van der Waals surface area (Å²) in [5.74, 6) is 0. The first kappa shape index (κ1) is 10.6. The summed E-state index contributed by atoms with van der Waals surface area (Å²) in [4.78, 5) is -0.311. The fourth-order valence-corrected chi connectivity index (χ4v) is 1.75. The third-order valence-electron chi connectivity index (χ3n) is 1.57.